The zero-order valence-corrected chi connectivity index (χ0v) is 9.92. The smallest absolute Gasteiger partial charge is 0.356 e. The number of nitrogens with zero attached hydrogens (tertiary/aromatic N) is 2. The number of aliphatic hydroxyl groups excluding tert-OH is 1. The molecule has 6 nitrogen and oxygen atoms in total. The number of hydrogen-bond acceptors (Lipinski definition) is 5. The van der Waals surface area contributed by atoms with Gasteiger partial charge < -0.3 is 15.5 Å². The van der Waals surface area contributed by atoms with Crippen LogP contribution in [0.5, 0.6) is 0 Å². The Kier molecular flexibility index (Phi) is 4.84. The Morgan fingerprint density at radius 1 is 1.41 bits per heavy atom. The standard InChI is InChI=1S/C11H17N3O3/c1-7(2)8(6-15)3-13-10-5-12-9(4-14-10)11(16)17/h4-5,7-8,15H,3,6H2,1-2H3,(H,13,14)(H,16,17). The van der Waals surface area contributed by atoms with Crippen molar-refractivity contribution in [2.24, 2.45) is 11.8 Å². The van der Waals surface area contributed by atoms with Crippen LogP contribution in [0.4, 0.5) is 5.82 Å². The summed E-state index contributed by atoms with van der Waals surface area (Å²) in [6.45, 7) is 4.74. The third-order valence-corrected chi connectivity index (χ3v) is 2.59. The van der Waals surface area contributed by atoms with Gasteiger partial charge in [0.2, 0.25) is 0 Å². The molecule has 0 amide bonds. The summed E-state index contributed by atoms with van der Waals surface area (Å²) in [7, 11) is 0. The summed E-state index contributed by atoms with van der Waals surface area (Å²) in [6.07, 6.45) is 2.58. The van der Waals surface area contributed by atoms with Crippen LogP contribution in [0.3, 0.4) is 0 Å². The highest BCUT2D eigenvalue weighted by Gasteiger charge is 2.12. The first-order valence-corrected chi connectivity index (χ1v) is 5.44. The highest BCUT2D eigenvalue weighted by atomic mass is 16.4. The predicted octanol–water partition coefficient (Wildman–Crippen LogP) is 0.851. The van der Waals surface area contributed by atoms with E-state index in [2.05, 4.69) is 15.3 Å². The first-order valence-electron chi connectivity index (χ1n) is 5.44. The molecule has 1 aromatic rings. The Morgan fingerprint density at radius 2 is 2.12 bits per heavy atom. The van der Waals surface area contributed by atoms with E-state index in [1.807, 2.05) is 13.8 Å². The number of carboxylic acids is 1. The fourth-order valence-corrected chi connectivity index (χ4v) is 1.28. The molecule has 0 aliphatic heterocycles. The number of hydrogen-bond donors (Lipinski definition) is 3. The topological polar surface area (TPSA) is 95.3 Å². The van der Waals surface area contributed by atoms with E-state index in [0.29, 0.717) is 18.3 Å². The molecule has 1 rings (SSSR count). The highest BCUT2D eigenvalue weighted by molar-refractivity contribution is 5.84. The first kappa shape index (κ1) is 13.4. The second kappa shape index (κ2) is 6.15. The Labute approximate surface area is 99.7 Å². The number of aromatic carboxylic acids is 1. The lowest BCUT2D eigenvalue weighted by Crippen LogP contribution is -2.23. The average molecular weight is 239 g/mol. The minimum Gasteiger partial charge on any atom is -0.476 e. The molecule has 0 aliphatic rings. The van der Waals surface area contributed by atoms with E-state index in [9.17, 15) is 4.79 Å². The minimum absolute atomic E-state index is 0.0851. The van der Waals surface area contributed by atoms with E-state index in [4.69, 9.17) is 10.2 Å². The monoisotopic (exact) mass is 239 g/mol. The van der Waals surface area contributed by atoms with E-state index in [1.54, 1.807) is 0 Å². The lowest BCUT2D eigenvalue weighted by Gasteiger charge is -2.18. The number of anilines is 1. The Hall–Kier alpha value is -1.69. The summed E-state index contributed by atoms with van der Waals surface area (Å²) < 4.78 is 0. The maximum atomic E-state index is 10.6. The number of carbonyl (C=O) groups is 1. The van der Waals surface area contributed by atoms with E-state index < -0.39 is 5.97 Å². The fourth-order valence-electron chi connectivity index (χ4n) is 1.28. The molecule has 3 N–H and O–H groups in total. The normalized spacial score (nSPS) is 12.5. The number of nitrogens with one attached hydrogen (secondary N) is 1. The summed E-state index contributed by atoms with van der Waals surface area (Å²) in [5.41, 5.74) is -0.0851. The molecule has 0 saturated heterocycles. The number of rotatable bonds is 6. The van der Waals surface area contributed by atoms with Crippen LogP contribution >= 0.6 is 0 Å². The molecular weight excluding hydrogens is 222 g/mol. The molecule has 0 aromatic carbocycles. The summed E-state index contributed by atoms with van der Waals surface area (Å²) in [5, 5.41) is 20.8. The van der Waals surface area contributed by atoms with Gasteiger partial charge in [-0.15, -0.1) is 0 Å². The van der Waals surface area contributed by atoms with Crippen molar-refractivity contribution in [1.82, 2.24) is 9.97 Å². The molecule has 0 aliphatic carbocycles. The molecular formula is C11H17N3O3. The molecule has 0 saturated carbocycles. The van der Waals surface area contributed by atoms with Gasteiger partial charge in [-0.1, -0.05) is 13.8 Å². The average Bonchev–Trinajstić information content (AvgIpc) is 2.30. The summed E-state index contributed by atoms with van der Waals surface area (Å²) >= 11 is 0. The predicted molar refractivity (Wildman–Crippen MR) is 62.9 cm³/mol. The van der Waals surface area contributed by atoms with Crippen LogP contribution in [0, 0.1) is 11.8 Å². The SMILES string of the molecule is CC(C)C(CO)CNc1cnc(C(=O)O)cn1. The van der Waals surface area contributed by atoms with E-state index in [0.717, 1.165) is 0 Å². The van der Waals surface area contributed by atoms with E-state index in [-0.39, 0.29) is 18.2 Å². The largest absolute Gasteiger partial charge is 0.476 e. The van der Waals surface area contributed by atoms with E-state index in [1.165, 1.54) is 12.4 Å². The molecule has 0 fully saturated rings. The zero-order chi connectivity index (χ0) is 12.8. The van der Waals surface area contributed by atoms with Crippen LogP contribution in [0.15, 0.2) is 12.4 Å². The molecule has 0 radical (unpaired) electrons. The van der Waals surface area contributed by atoms with Crippen molar-refractivity contribution >= 4 is 11.8 Å². The second-order valence-electron chi connectivity index (χ2n) is 4.16. The zero-order valence-electron chi connectivity index (χ0n) is 9.92. The van der Waals surface area contributed by atoms with Crippen molar-refractivity contribution in [2.45, 2.75) is 13.8 Å². The Bertz CT molecular complexity index is 365. The van der Waals surface area contributed by atoms with Crippen LogP contribution in [0.25, 0.3) is 0 Å². The number of aliphatic hydroxyl groups is 1. The van der Waals surface area contributed by atoms with Gasteiger partial charge in [-0.3, -0.25) is 0 Å². The highest BCUT2D eigenvalue weighted by Crippen LogP contribution is 2.11. The van der Waals surface area contributed by atoms with Crippen LogP contribution in [-0.2, 0) is 0 Å². The molecule has 1 atom stereocenters. The van der Waals surface area contributed by atoms with Gasteiger partial charge in [0.15, 0.2) is 5.69 Å². The quantitative estimate of drug-likeness (QED) is 0.681. The van der Waals surface area contributed by atoms with Gasteiger partial charge in [-0.2, -0.15) is 0 Å². The van der Waals surface area contributed by atoms with Gasteiger partial charge in [0.25, 0.3) is 0 Å². The maximum Gasteiger partial charge on any atom is 0.356 e. The van der Waals surface area contributed by atoms with Crippen LogP contribution in [0.1, 0.15) is 24.3 Å². The lowest BCUT2D eigenvalue weighted by molar-refractivity contribution is 0.0690. The molecule has 0 spiro atoms. The van der Waals surface area contributed by atoms with Gasteiger partial charge in [0, 0.05) is 19.1 Å². The lowest BCUT2D eigenvalue weighted by atomic mass is 9.97. The van der Waals surface area contributed by atoms with Gasteiger partial charge in [0.05, 0.1) is 12.4 Å². The first-order chi connectivity index (χ1) is 8.04. The maximum absolute atomic E-state index is 10.6. The molecule has 1 heterocycles. The minimum atomic E-state index is -1.10. The second-order valence-corrected chi connectivity index (χ2v) is 4.16. The Morgan fingerprint density at radius 3 is 2.53 bits per heavy atom. The fraction of sp³-hybridized carbons (Fsp3) is 0.545. The van der Waals surface area contributed by atoms with Gasteiger partial charge in [-0.25, -0.2) is 14.8 Å². The molecule has 1 aromatic heterocycles. The van der Waals surface area contributed by atoms with E-state index >= 15 is 0 Å². The van der Waals surface area contributed by atoms with Gasteiger partial charge in [-0.05, 0) is 5.92 Å². The van der Waals surface area contributed by atoms with Crippen LogP contribution < -0.4 is 5.32 Å². The van der Waals surface area contributed by atoms with Crippen LogP contribution in [0.2, 0.25) is 0 Å². The number of carboxylic acid groups (broad SMARTS) is 1. The number of aromatic nitrogens is 2. The van der Waals surface area contributed by atoms with Crippen molar-refractivity contribution in [3.8, 4) is 0 Å². The van der Waals surface area contributed by atoms with Crippen molar-refractivity contribution in [1.29, 1.82) is 0 Å². The summed E-state index contributed by atoms with van der Waals surface area (Å²) in [5.74, 6) is -0.0942. The molecule has 0 bridgehead atoms. The van der Waals surface area contributed by atoms with Crippen LogP contribution in [-0.4, -0.2) is 39.3 Å². The summed E-state index contributed by atoms with van der Waals surface area (Å²) in [4.78, 5) is 18.2. The molecule has 1 unspecified atom stereocenters. The summed E-state index contributed by atoms with van der Waals surface area (Å²) in [6, 6.07) is 0. The van der Waals surface area contributed by atoms with Gasteiger partial charge >= 0.3 is 5.97 Å². The molecule has 6 heteroatoms. The third-order valence-electron chi connectivity index (χ3n) is 2.59. The Balaban J connectivity index is 2.55. The van der Waals surface area contributed by atoms with Crippen molar-refractivity contribution in [2.75, 3.05) is 18.5 Å². The van der Waals surface area contributed by atoms with Crippen molar-refractivity contribution in [3.63, 3.8) is 0 Å². The van der Waals surface area contributed by atoms with Crippen molar-refractivity contribution < 1.29 is 15.0 Å². The molecule has 17 heavy (non-hydrogen) atoms. The van der Waals surface area contributed by atoms with Gasteiger partial charge in [0.1, 0.15) is 5.82 Å². The molecule has 94 valence electrons. The van der Waals surface area contributed by atoms with Crippen molar-refractivity contribution in [3.05, 3.63) is 18.1 Å². The third kappa shape index (κ3) is 3.99.